The van der Waals surface area contributed by atoms with Gasteiger partial charge in [0, 0.05) is 32.2 Å². The van der Waals surface area contributed by atoms with Crippen molar-refractivity contribution in [3.8, 4) is 5.75 Å². The third kappa shape index (κ3) is 4.40. The molecule has 3 fully saturated rings. The van der Waals surface area contributed by atoms with Crippen LogP contribution in [0.4, 0.5) is 0 Å². The van der Waals surface area contributed by atoms with E-state index in [1.54, 1.807) is 0 Å². The highest BCUT2D eigenvalue weighted by Crippen LogP contribution is 2.46. The molecule has 3 heterocycles. The Balaban J connectivity index is 1.40. The fourth-order valence-corrected chi connectivity index (χ4v) is 5.28. The lowest BCUT2D eigenvalue weighted by molar-refractivity contribution is 0.0603. The molecule has 0 radical (unpaired) electrons. The number of aromatic nitrogens is 2. The first kappa shape index (κ1) is 21.4. The Labute approximate surface area is 189 Å². The van der Waals surface area contributed by atoms with Crippen LogP contribution in [0.2, 0.25) is 0 Å². The standard InChI is InChI=1S/C25H33N3O4/c1-2-31-21-7-4-3-6-20(21)23(29)28-13-5-12-25(17-28,16-18-8-9-18)24-26-22(32-27-24)19-10-14-30-15-11-19/h3-4,6-7,18-19H,2,5,8-17H2,1H3. The van der Waals surface area contributed by atoms with Crippen LogP contribution in [-0.4, -0.2) is 53.9 Å². The van der Waals surface area contributed by atoms with Gasteiger partial charge < -0.3 is 18.9 Å². The Morgan fingerprint density at radius 3 is 2.81 bits per heavy atom. The predicted molar refractivity (Wildman–Crippen MR) is 119 cm³/mol. The average molecular weight is 440 g/mol. The molecule has 0 spiro atoms. The lowest BCUT2D eigenvalue weighted by atomic mass is 9.74. The van der Waals surface area contributed by atoms with E-state index in [9.17, 15) is 4.79 Å². The van der Waals surface area contributed by atoms with Crippen LogP contribution >= 0.6 is 0 Å². The van der Waals surface area contributed by atoms with Crippen molar-refractivity contribution >= 4 is 5.91 Å². The van der Waals surface area contributed by atoms with Gasteiger partial charge in [0.15, 0.2) is 5.82 Å². The molecular weight excluding hydrogens is 406 g/mol. The van der Waals surface area contributed by atoms with Crippen LogP contribution in [0.5, 0.6) is 5.75 Å². The Morgan fingerprint density at radius 2 is 2.03 bits per heavy atom. The summed E-state index contributed by atoms with van der Waals surface area (Å²) in [7, 11) is 0. The summed E-state index contributed by atoms with van der Waals surface area (Å²) in [5.74, 6) is 3.19. The number of ether oxygens (including phenoxy) is 2. The lowest BCUT2D eigenvalue weighted by Gasteiger charge is -2.41. The molecule has 1 aliphatic carbocycles. The van der Waals surface area contributed by atoms with Crippen molar-refractivity contribution in [1.29, 1.82) is 0 Å². The van der Waals surface area contributed by atoms with Gasteiger partial charge in [0.25, 0.3) is 5.91 Å². The van der Waals surface area contributed by atoms with E-state index in [1.165, 1.54) is 12.8 Å². The van der Waals surface area contributed by atoms with Gasteiger partial charge in [0.1, 0.15) is 5.75 Å². The van der Waals surface area contributed by atoms with Gasteiger partial charge in [0.05, 0.1) is 17.6 Å². The van der Waals surface area contributed by atoms with Crippen LogP contribution in [0.25, 0.3) is 0 Å². The number of likely N-dealkylation sites (tertiary alicyclic amines) is 1. The van der Waals surface area contributed by atoms with Gasteiger partial charge in [-0.25, -0.2) is 0 Å². The van der Waals surface area contributed by atoms with E-state index >= 15 is 0 Å². The molecule has 1 atom stereocenters. The molecule has 1 unspecified atom stereocenters. The number of carbonyl (C=O) groups is 1. The minimum atomic E-state index is -0.234. The fourth-order valence-electron chi connectivity index (χ4n) is 5.28. The molecule has 1 saturated carbocycles. The summed E-state index contributed by atoms with van der Waals surface area (Å²) in [6, 6.07) is 7.54. The van der Waals surface area contributed by atoms with Gasteiger partial charge >= 0.3 is 0 Å². The Kier molecular flexibility index (Phi) is 6.17. The van der Waals surface area contributed by atoms with Gasteiger partial charge in [-0.1, -0.05) is 30.1 Å². The first-order valence-electron chi connectivity index (χ1n) is 12.1. The maximum Gasteiger partial charge on any atom is 0.257 e. The molecule has 32 heavy (non-hydrogen) atoms. The third-order valence-corrected chi connectivity index (χ3v) is 7.14. The topological polar surface area (TPSA) is 77.7 Å². The lowest BCUT2D eigenvalue weighted by Crippen LogP contribution is -2.49. The number of rotatable bonds is 7. The molecule has 0 bridgehead atoms. The molecule has 2 aromatic rings. The normalized spacial score (nSPS) is 24.5. The third-order valence-electron chi connectivity index (χ3n) is 7.14. The second kappa shape index (κ2) is 9.22. The molecule has 5 rings (SSSR count). The zero-order valence-corrected chi connectivity index (χ0v) is 18.9. The maximum atomic E-state index is 13.5. The van der Waals surface area contributed by atoms with Crippen LogP contribution in [0, 0.1) is 5.92 Å². The van der Waals surface area contributed by atoms with E-state index in [1.807, 2.05) is 36.1 Å². The molecule has 2 aliphatic heterocycles. The number of nitrogens with zero attached hydrogens (tertiary/aromatic N) is 3. The van der Waals surface area contributed by atoms with E-state index < -0.39 is 0 Å². The van der Waals surface area contributed by atoms with Crippen molar-refractivity contribution in [2.75, 3.05) is 32.9 Å². The van der Waals surface area contributed by atoms with Gasteiger partial charge in [-0.2, -0.15) is 4.98 Å². The van der Waals surface area contributed by atoms with Crippen LogP contribution < -0.4 is 4.74 Å². The zero-order valence-electron chi connectivity index (χ0n) is 18.9. The maximum absolute atomic E-state index is 13.5. The summed E-state index contributed by atoms with van der Waals surface area (Å²) >= 11 is 0. The fraction of sp³-hybridized carbons (Fsp3) is 0.640. The van der Waals surface area contributed by atoms with Crippen molar-refractivity contribution in [2.24, 2.45) is 5.92 Å². The Bertz CT molecular complexity index is 935. The summed E-state index contributed by atoms with van der Waals surface area (Å²) in [6.45, 7) is 5.35. The average Bonchev–Trinajstić information content (AvgIpc) is 3.49. The second-order valence-electron chi connectivity index (χ2n) is 9.53. The summed E-state index contributed by atoms with van der Waals surface area (Å²) in [6.07, 6.45) is 7.33. The van der Waals surface area contributed by atoms with Gasteiger partial charge in [-0.3, -0.25) is 4.79 Å². The van der Waals surface area contributed by atoms with Gasteiger partial charge in [-0.05, 0) is 57.1 Å². The smallest absolute Gasteiger partial charge is 0.257 e. The van der Waals surface area contributed by atoms with Gasteiger partial charge in [-0.15, -0.1) is 0 Å². The van der Waals surface area contributed by atoms with E-state index in [2.05, 4.69) is 5.16 Å². The zero-order chi connectivity index (χ0) is 22.0. The molecular formula is C25H33N3O4. The molecule has 2 saturated heterocycles. The largest absolute Gasteiger partial charge is 0.493 e. The highest BCUT2D eigenvalue weighted by molar-refractivity contribution is 5.97. The Hall–Kier alpha value is -2.41. The first-order chi connectivity index (χ1) is 15.7. The van der Waals surface area contributed by atoms with Crippen LogP contribution in [-0.2, 0) is 10.2 Å². The molecule has 7 nitrogen and oxygen atoms in total. The second-order valence-corrected chi connectivity index (χ2v) is 9.53. The number of para-hydroxylation sites is 1. The number of hydrogen-bond acceptors (Lipinski definition) is 6. The highest BCUT2D eigenvalue weighted by Gasteiger charge is 2.46. The molecule has 1 aromatic carbocycles. The number of amides is 1. The van der Waals surface area contributed by atoms with Crippen molar-refractivity contribution in [2.45, 2.75) is 63.2 Å². The summed E-state index contributed by atoms with van der Waals surface area (Å²) in [5.41, 5.74) is 0.398. The minimum Gasteiger partial charge on any atom is -0.493 e. The van der Waals surface area contributed by atoms with Crippen LogP contribution in [0.15, 0.2) is 28.8 Å². The first-order valence-corrected chi connectivity index (χ1v) is 12.1. The minimum absolute atomic E-state index is 0.0297. The van der Waals surface area contributed by atoms with E-state index in [-0.39, 0.29) is 17.2 Å². The van der Waals surface area contributed by atoms with Gasteiger partial charge in [0.2, 0.25) is 5.89 Å². The summed E-state index contributed by atoms with van der Waals surface area (Å²) < 4.78 is 17.0. The molecule has 0 N–H and O–H groups in total. The number of hydrogen-bond donors (Lipinski definition) is 0. The van der Waals surface area contributed by atoms with E-state index in [0.29, 0.717) is 30.4 Å². The van der Waals surface area contributed by atoms with Crippen molar-refractivity contribution in [3.63, 3.8) is 0 Å². The van der Waals surface area contributed by atoms with Crippen molar-refractivity contribution in [3.05, 3.63) is 41.5 Å². The molecule has 1 aromatic heterocycles. The Morgan fingerprint density at radius 1 is 1.22 bits per heavy atom. The van der Waals surface area contributed by atoms with E-state index in [4.69, 9.17) is 19.0 Å². The van der Waals surface area contributed by atoms with Crippen LogP contribution in [0.3, 0.4) is 0 Å². The number of piperidine rings is 1. The SMILES string of the molecule is CCOc1ccccc1C(=O)N1CCCC(CC2CC2)(c2noc(C3CCOCC3)n2)C1. The summed E-state index contributed by atoms with van der Waals surface area (Å²) in [4.78, 5) is 20.4. The monoisotopic (exact) mass is 439 g/mol. The predicted octanol–water partition coefficient (Wildman–Crippen LogP) is 4.34. The number of benzene rings is 1. The highest BCUT2D eigenvalue weighted by atomic mass is 16.5. The van der Waals surface area contributed by atoms with Crippen molar-refractivity contribution < 1.29 is 18.8 Å². The molecule has 172 valence electrons. The number of carbonyl (C=O) groups excluding carboxylic acids is 1. The molecule has 1 amide bonds. The van der Waals surface area contributed by atoms with Crippen LogP contribution in [0.1, 0.15) is 79.9 Å². The summed E-state index contributed by atoms with van der Waals surface area (Å²) in [5, 5.41) is 4.49. The van der Waals surface area contributed by atoms with Crippen molar-refractivity contribution in [1.82, 2.24) is 15.0 Å². The molecule has 7 heteroatoms. The molecule has 3 aliphatic rings. The quantitative estimate of drug-likeness (QED) is 0.639. The van der Waals surface area contributed by atoms with E-state index in [0.717, 1.165) is 63.6 Å².